The van der Waals surface area contributed by atoms with E-state index in [1.807, 2.05) is 6.07 Å². The molecule has 1 amide bonds. The van der Waals surface area contributed by atoms with E-state index < -0.39 is 12.6 Å². The van der Waals surface area contributed by atoms with E-state index in [1.54, 1.807) is 42.5 Å². The van der Waals surface area contributed by atoms with Crippen molar-refractivity contribution in [3.63, 3.8) is 0 Å². The van der Waals surface area contributed by atoms with Crippen LogP contribution in [0, 0.1) is 5.92 Å². The summed E-state index contributed by atoms with van der Waals surface area (Å²) < 4.78 is 16.2. The molecule has 0 aromatic heterocycles. The predicted molar refractivity (Wildman–Crippen MR) is 100 cm³/mol. The Kier molecular flexibility index (Phi) is 7.49. The molecule has 0 aliphatic rings. The number of anilines is 1. The van der Waals surface area contributed by atoms with Gasteiger partial charge in [-0.1, -0.05) is 26.0 Å². The number of carboxylic acids is 1. The van der Waals surface area contributed by atoms with Gasteiger partial charge in [0.05, 0.1) is 6.61 Å². The number of aliphatic carboxylic acids is 1. The Morgan fingerprint density at radius 1 is 0.926 bits per heavy atom. The fourth-order valence-corrected chi connectivity index (χ4v) is 2.07. The largest absolute Gasteiger partial charge is 0.493 e. The number of benzene rings is 2. The molecule has 0 bridgehead atoms. The predicted octanol–water partition coefficient (Wildman–Crippen LogP) is 3.20. The van der Waals surface area contributed by atoms with Gasteiger partial charge in [0.25, 0.3) is 5.91 Å². The summed E-state index contributed by atoms with van der Waals surface area (Å²) in [7, 11) is 0. The molecule has 2 N–H and O–H groups in total. The SMILES string of the molecule is CC(C)COc1cccc(OCC(=O)Nc2cccc(OCC(=O)O)c2)c1. The third kappa shape index (κ3) is 7.68. The summed E-state index contributed by atoms with van der Waals surface area (Å²) in [6, 6.07) is 13.6. The maximum Gasteiger partial charge on any atom is 0.341 e. The average molecular weight is 373 g/mol. The van der Waals surface area contributed by atoms with Crippen molar-refractivity contribution >= 4 is 17.6 Å². The minimum atomic E-state index is -1.07. The van der Waals surface area contributed by atoms with Gasteiger partial charge >= 0.3 is 5.97 Å². The monoisotopic (exact) mass is 373 g/mol. The Labute approximate surface area is 157 Å². The van der Waals surface area contributed by atoms with Crippen LogP contribution < -0.4 is 19.5 Å². The number of hydrogen-bond donors (Lipinski definition) is 2. The van der Waals surface area contributed by atoms with Crippen LogP contribution in [0.25, 0.3) is 0 Å². The van der Waals surface area contributed by atoms with E-state index in [2.05, 4.69) is 19.2 Å². The Bertz CT molecular complexity index is 775. The van der Waals surface area contributed by atoms with Crippen LogP contribution in [0.15, 0.2) is 48.5 Å². The van der Waals surface area contributed by atoms with Gasteiger partial charge in [0.1, 0.15) is 17.2 Å². The number of carbonyl (C=O) groups is 2. The Hall–Kier alpha value is -3.22. The third-order valence-corrected chi connectivity index (χ3v) is 3.24. The summed E-state index contributed by atoms with van der Waals surface area (Å²) in [4.78, 5) is 22.6. The number of carboxylic acid groups (broad SMARTS) is 1. The van der Waals surface area contributed by atoms with E-state index in [9.17, 15) is 9.59 Å². The van der Waals surface area contributed by atoms with E-state index in [1.165, 1.54) is 0 Å². The highest BCUT2D eigenvalue weighted by Gasteiger charge is 2.07. The summed E-state index contributed by atoms with van der Waals surface area (Å²) in [6.07, 6.45) is 0. The molecule has 7 nitrogen and oxygen atoms in total. The van der Waals surface area contributed by atoms with Gasteiger partial charge in [0.15, 0.2) is 13.2 Å². The lowest BCUT2D eigenvalue weighted by atomic mass is 10.2. The van der Waals surface area contributed by atoms with Gasteiger partial charge in [0.2, 0.25) is 0 Å². The molecule has 2 aromatic carbocycles. The zero-order valence-electron chi connectivity index (χ0n) is 15.3. The molecule has 2 rings (SSSR count). The summed E-state index contributed by atoms with van der Waals surface area (Å²) in [5.74, 6) is 0.563. The molecule has 0 unspecified atom stereocenters. The second kappa shape index (κ2) is 10.1. The van der Waals surface area contributed by atoms with Gasteiger partial charge in [-0.05, 0) is 30.2 Å². The zero-order valence-corrected chi connectivity index (χ0v) is 15.3. The van der Waals surface area contributed by atoms with Crippen molar-refractivity contribution in [3.8, 4) is 17.2 Å². The standard InChI is InChI=1S/C20H23NO6/c1-14(2)11-25-17-7-4-8-18(10-17)26-12-19(22)21-15-5-3-6-16(9-15)27-13-20(23)24/h3-10,14H,11-13H2,1-2H3,(H,21,22)(H,23,24). The second-order valence-corrected chi connectivity index (χ2v) is 6.23. The minimum Gasteiger partial charge on any atom is -0.493 e. The highest BCUT2D eigenvalue weighted by Crippen LogP contribution is 2.20. The van der Waals surface area contributed by atoms with Crippen LogP contribution >= 0.6 is 0 Å². The van der Waals surface area contributed by atoms with Crippen LogP contribution in [0.1, 0.15) is 13.8 Å². The summed E-state index contributed by atoms with van der Waals surface area (Å²) in [5.41, 5.74) is 0.487. The van der Waals surface area contributed by atoms with Crippen molar-refractivity contribution in [2.75, 3.05) is 25.1 Å². The molecular formula is C20H23NO6. The van der Waals surface area contributed by atoms with E-state index >= 15 is 0 Å². The second-order valence-electron chi connectivity index (χ2n) is 6.23. The molecule has 0 saturated carbocycles. The summed E-state index contributed by atoms with van der Waals surface area (Å²) >= 11 is 0. The van der Waals surface area contributed by atoms with Crippen molar-refractivity contribution < 1.29 is 28.9 Å². The first-order valence-corrected chi connectivity index (χ1v) is 8.52. The van der Waals surface area contributed by atoms with Gasteiger partial charge in [-0.3, -0.25) is 4.79 Å². The smallest absolute Gasteiger partial charge is 0.341 e. The normalized spacial score (nSPS) is 10.3. The molecule has 2 aromatic rings. The van der Waals surface area contributed by atoms with Crippen molar-refractivity contribution in [2.24, 2.45) is 5.92 Å². The molecule has 0 aliphatic heterocycles. The van der Waals surface area contributed by atoms with Gasteiger partial charge in [-0.25, -0.2) is 4.79 Å². The lowest BCUT2D eigenvalue weighted by Crippen LogP contribution is -2.20. The molecule has 144 valence electrons. The van der Waals surface area contributed by atoms with E-state index in [0.29, 0.717) is 35.5 Å². The molecular weight excluding hydrogens is 350 g/mol. The molecule has 7 heteroatoms. The van der Waals surface area contributed by atoms with Crippen molar-refractivity contribution in [3.05, 3.63) is 48.5 Å². The number of ether oxygens (including phenoxy) is 3. The van der Waals surface area contributed by atoms with E-state index in [-0.39, 0.29) is 12.5 Å². The quantitative estimate of drug-likeness (QED) is 0.664. The number of amides is 1. The summed E-state index contributed by atoms with van der Waals surface area (Å²) in [5, 5.41) is 11.3. The minimum absolute atomic E-state index is 0.173. The third-order valence-electron chi connectivity index (χ3n) is 3.24. The van der Waals surface area contributed by atoms with Crippen LogP contribution in [0.3, 0.4) is 0 Å². The molecule has 0 aliphatic carbocycles. The Morgan fingerprint density at radius 3 is 2.19 bits per heavy atom. The topological polar surface area (TPSA) is 94.1 Å². The highest BCUT2D eigenvalue weighted by molar-refractivity contribution is 5.92. The first-order valence-electron chi connectivity index (χ1n) is 8.52. The molecule has 0 atom stereocenters. The zero-order chi connectivity index (χ0) is 19.6. The van der Waals surface area contributed by atoms with Crippen LogP contribution in [-0.2, 0) is 9.59 Å². The number of carbonyl (C=O) groups excluding carboxylic acids is 1. The first kappa shape index (κ1) is 20.1. The number of nitrogens with one attached hydrogen (secondary N) is 1. The Morgan fingerprint density at radius 2 is 1.52 bits per heavy atom. The van der Waals surface area contributed by atoms with Gasteiger partial charge in [-0.15, -0.1) is 0 Å². The molecule has 0 fully saturated rings. The molecule has 0 heterocycles. The fourth-order valence-electron chi connectivity index (χ4n) is 2.07. The van der Waals surface area contributed by atoms with E-state index in [4.69, 9.17) is 19.3 Å². The van der Waals surface area contributed by atoms with Crippen LogP contribution in [-0.4, -0.2) is 36.8 Å². The van der Waals surface area contributed by atoms with E-state index in [0.717, 1.165) is 0 Å². The maximum absolute atomic E-state index is 12.1. The number of hydrogen-bond acceptors (Lipinski definition) is 5. The molecule has 0 spiro atoms. The van der Waals surface area contributed by atoms with Crippen molar-refractivity contribution in [2.45, 2.75) is 13.8 Å². The van der Waals surface area contributed by atoms with Crippen molar-refractivity contribution in [1.29, 1.82) is 0 Å². The Balaban J connectivity index is 1.85. The molecule has 0 saturated heterocycles. The maximum atomic E-state index is 12.1. The van der Waals surface area contributed by atoms with Crippen molar-refractivity contribution in [1.82, 2.24) is 0 Å². The first-order chi connectivity index (χ1) is 12.9. The molecule has 0 radical (unpaired) electrons. The van der Waals surface area contributed by atoms with Gasteiger partial charge in [-0.2, -0.15) is 0 Å². The average Bonchev–Trinajstić information content (AvgIpc) is 2.64. The summed E-state index contributed by atoms with van der Waals surface area (Å²) in [6.45, 7) is 4.10. The van der Waals surface area contributed by atoms with Crippen LogP contribution in [0.4, 0.5) is 5.69 Å². The van der Waals surface area contributed by atoms with Crippen LogP contribution in [0.2, 0.25) is 0 Å². The van der Waals surface area contributed by atoms with Crippen LogP contribution in [0.5, 0.6) is 17.2 Å². The van der Waals surface area contributed by atoms with Gasteiger partial charge in [0, 0.05) is 17.8 Å². The molecule has 27 heavy (non-hydrogen) atoms. The fraction of sp³-hybridized carbons (Fsp3) is 0.300. The highest BCUT2D eigenvalue weighted by atomic mass is 16.5. The number of rotatable bonds is 10. The van der Waals surface area contributed by atoms with Gasteiger partial charge < -0.3 is 24.6 Å². The lowest BCUT2D eigenvalue weighted by molar-refractivity contribution is -0.139. The lowest BCUT2D eigenvalue weighted by Gasteiger charge is -2.11.